The van der Waals surface area contributed by atoms with E-state index in [0.717, 1.165) is 44.0 Å². The molecule has 0 aromatic heterocycles. The molecule has 1 aliphatic heterocycles. The summed E-state index contributed by atoms with van der Waals surface area (Å²) in [4.78, 5) is 16.8. The first-order valence-electron chi connectivity index (χ1n) is 9.71. The molecule has 144 valence electrons. The highest BCUT2D eigenvalue weighted by Crippen LogP contribution is 2.21. The van der Waals surface area contributed by atoms with Gasteiger partial charge >= 0.3 is 0 Å². The lowest BCUT2D eigenvalue weighted by atomic mass is 9.99. The second-order valence-corrected chi connectivity index (χ2v) is 7.26. The third-order valence-electron chi connectivity index (χ3n) is 5.33. The quantitative estimate of drug-likeness (QED) is 0.818. The molecule has 2 N–H and O–H groups in total. The Morgan fingerprint density at radius 1 is 1.04 bits per heavy atom. The Morgan fingerprint density at radius 3 is 2.26 bits per heavy atom. The van der Waals surface area contributed by atoms with Gasteiger partial charge in [-0.25, -0.2) is 0 Å². The summed E-state index contributed by atoms with van der Waals surface area (Å²) in [5.41, 5.74) is 3.27. The molecule has 0 spiro atoms. The van der Waals surface area contributed by atoms with Crippen LogP contribution in [0.5, 0.6) is 5.75 Å². The van der Waals surface area contributed by atoms with Crippen LogP contribution in [0.2, 0.25) is 0 Å². The second-order valence-electron chi connectivity index (χ2n) is 7.26. The van der Waals surface area contributed by atoms with Gasteiger partial charge in [0.15, 0.2) is 0 Å². The van der Waals surface area contributed by atoms with Gasteiger partial charge in [0.1, 0.15) is 5.75 Å². The van der Waals surface area contributed by atoms with Crippen molar-refractivity contribution in [1.29, 1.82) is 0 Å². The van der Waals surface area contributed by atoms with E-state index in [0.29, 0.717) is 12.5 Å². The molecule has 3 rings (SSSR count). The molecular weight excluding hydrogens is 338 g/mol. The summed E-state index contributed by atoms with van der Waals surface area (Å²) in [5.74, 6) is 0.857. The van der Waals surface area contributed by atoms with Crippen LogP contribution in [0.15, 0.2) is 48.5 Å². The van der Waals surface area contributed by atoms with E-state index >= 15 is 0 Å². The summed E-state index contributed by atoms with van der Waals surface area (Å²) >= 11 is 0. The van der Waals surface area contributed by atoms with Crippen molar-refractivity contribution in [3.8, 4) is 5.75 Å². The molecule has 1 saturated heterocycles. The van der Waals surface area contributed by atoms with Crippen LogP contribution in [0.1, 0.15) is 31.7 Å². The predicted octanol–water partition coefficient (Wildman–Crippen LogP) is 3.67. The molecule has 1 aliphatic rings. The first-order valence-corrected chi connectivity index (χ1v) is 9.71. The zero-order valence-electron chi connectivity index (χ0n) is 16.2. The Balaban J connectivity index is 1.46. The van der Waals surface area contributed by atoms with Gasteiger partial charge in [-0.15, -0.1) is 0 Å². The van der Waals surface area contributed by atoms with E-state index < -0.39 is 0 Å². The van der Waals surface area contributed by atoms with E-state index in [-0.39, 0.29) is 11.7 Å². The maximum atomic E-state index is 12.4. The van der Waals surface area contributed by atoms with Crippen molar-refractivity contribution in [2.45, 2.75) is 26.2 Å². The molecule has 1 heterocycles. The number of nitrogens with one attached hydrogen (secondary N) is 1. The van der Waals surface area contributed by atoms with Crippen molar-refractivity contribution >= 4 is 17.3 Å². The Bertz CT molecular complexity index is 735. The standard InChI is InChI=1S/C22H29N3O2/c1-3-17(2)18-4-6-19(7-5-18)23-22(27)16-24-12-14-25(15-13-24)20-8-10-21(26)11-9-20/h4-11,17,26H,3,12-16H2,1-2H3,(H,23,27)/t17-/m0/s1. The number of phenolic OH excluding ortho intramolecular Hbond substituents is 1. The van der Waals surface area contributed by atoms with Gasteiger partial charge in [0.2, 0.25) is 5.91 Å². The maximum absolute atomic E-state index is 12.4. The Hall–Kier alpha value is -2.53. The van der Waals surface area contributed by atoms with Gasteiger partial charge in [0.25, 0.3) is 0 Å². The summed E-state index contributed by atoms with van der Waals surface area (Å²) < 4.78 is 0. The predicted molar refractivity (Wildman–Crippen MR) is 111 cm³/mol. The summed E-state index contributed by atoms with van der Waals surface area (Å²) in [6.45, 7) is 8.26. The van der Waals surface area contributed by atoms with E-state index in [4.69, 9.17) is 0 Å². The Morgan fingerprint density at radius 2 is 1.67 bits per heavy atom. The molecule has 2 aromatic rings. The van der Waals surface area contributed by atoms with Gasteiger partial charge in [0.05, 0.1) is 6.54 Å². The molecule has 0 unspecified atom stereocenters. The fraction of sp³-hybridized carbons (Fsp3) is 0.409. The third kappa shape index (κ3) is 5.23. The number of aromatic hydroxyl groups is 1. The summed E-state index contributed by atoms with van der Waals surface area (Å²) in [7, 11) is 0. The van der Waals surface area contributed by atoms with Crippen LogP contribution >= 0.6 is 0 Å². The topological polar surface area (TPSA) is 55.8 Å². The molecule has 0 saturated carbocycles. The first kappa shape index (κ1) is 19.2. The van der Waals surface area contributed by atoms with Crippen LogP contribution in [0.3, 0.4) is 0 Å². The molecule has 0 radical (unpaired) electrons. The minimum atomic E-state index is 0.0318. The van der Waals surface area contributed by atoms with E-state index in [1.807, 2.05) is 24.3 Å². The van der Waals surface area contributed by atoms with Crippen LogP contribution in [-0.4, -0.2) is 48.6 Å². The highest BCUT2D eigenvalue weighted by molar-refractivity contribution is 5.92. The van der Waals surface area contributed by atoms with Crippen molar-refractivity contribution in [3.05, 3.63) is 54.1 Å². The molecule has 0 aliphatic carbocycles. The van der Waals surface area contributed by atoms with E-state index in [1.54, 1.807) is 12.1 Å². The van der Waals surface area contributed by atoms with Gasteiger partial charge in [-0.1, -0.05) is 26.0 Å². The lowest BCUT2D eigenvalue weighted by Crippen LogP contribution is -2.48. The highest BCUT2D eigenvalue weighted by Gasteiger charge is 2.19. The van der Waals surface area contributed by atoms with Crippen LogP contribution in [-0.2, 0) is 4.79 Å². The average molecular weight is 367 g/mol. The zero-order valence-corrected chi connectivity index (χ0v) is 16.2. The lowest BCUT2D eigenvalue weighted by Gasteiger charge is -2.35. The van der Waals surface area contributed by atoms with Crippen molar-refractivity contribution in [1.82, 2.24) is 4.90 Å². The lowest BCUT2D eigenvalue weighted by molar-refractivity contribution is -0.117. The van der Waals surface area contributed by atoms with Gasteiger partial charge in [-0.2, -0.15) is 0 Å². The smallest absolute Gasteiger partial charge is 0.238 e. The molecule has 5 nitrogen and oxygen atoms in total. The number of hydrogen-bond donors (Lipinski definition) is 2. The van der Waals surface area contributed by atoms with Gasteiger partial charge in [-0.05, 0) is 54.3 Å². The van der Waals surface area contributed by atoms with Crippen LogP contribution in [0.4, 0.5) is 11.4 Å². The molecule has 5 heteroatoms. The zero-order chi connectivity index (χ0) is 19.2. The molecule has 0 bridgehead atoms. The maximum Gasteiger partial charge on any atom is 0.238 e. The van der Waals surface area contributed by atoms with E-state index in [9.17, 15) is 9.90 Å². The van der Waals surface area contributed by atoms with E-state index in [2.05, 4.69) is 41.1 Å². The summed E-state index contributed by atoms with van der Waals surface area (Å²) in [6.07, 6.45) is 1.11. The normalized spacial score (nSPS) is 16.1. The number of hydrogen-bond acceptors (Lipinski definition) is 4. The van der Waals surface area contributed by atoms with Crippen molar-refractivity contribution in [2.75, 3.05) is 42.9 Å². The molecule has 2 aromatic carbocycles. The molecular formula is C22H29N3O2. The van der Waals surface area contributed by atoms with Crippen LogP contribution < -0.4 is 10.2 Å². The highest BCUT2D eigenvalue weighted by atomic mass is 16.3. The van der Waals surface area contributed by atoms with Gasteiger partial charge < -0.3 is 15.3 Å². The SMILES string of the molecule is CC[C@H](C)c1ccc(NC(=O)CN2CCN(c3ccc(O)cc3)CC2)cc1. The first-order chi connectivity index (χ1) is 13.0. The number of benzene rings is 2. The summed E-state index contributed by atoms with van der Waals surface area (Å²) in [6, 6.07) is 15.5. The molecule has 1 fully saturated rings. The molecule has 27 heavy (non-hydrogen) atoms. The molecule has 1 atom stereocenters. The number of anilines is 2. The van der Waals surface area contributed by atoms with Crippen molar-refractivity contribution in [2.24, 2.45) is 0 Å². The van der Waals surface area contributed by atoms with E-state index in [1.165, 1.54) is 5.56 Å². The molecule has 1 amide bonds. The Kier molecular flexibility index (Phi) is 6.35. The largest absolute Gasteiger partial charge is 0.508 e. The van der Waals surface area contributed by atoms with Gasteiger partial charge in [0, 0.05) is 37.6 Å². The monoisotopic (exact) mass is 367 g/mol. The number of amides is 1. The van der Waals surface area contributed by atoms with Crippen molar-refractivity contribution < 1.29 is 9.90 Å². The number of nitrogens with zero attached hydrogens (tertiary/aromatic N) is 2. The number of rotatable bonds is 6. The third-order valence-corrected chi connectivity index (χ3v) is 5.33. The fourth-order valence-corrected chi connectivity index (χ4v) is 3.36. The van der Waals surface area contributed by atoms with Crippen LogP contribution in [0, 0.1) is 0 Å². The number of phenols is 1. The minimum absolute atomic E-state index is 0.0318. The Labute approximate surface area is 161 Å². The van der Waals surface area contributed by atoms with Crippen molar-refractivity contribution in [3.63, 3.8) is 0 Å². The number of carbonyl (C=O) groups is 1. The number of piperazine rings is 1. The summed E-state index contributed by atoms with van der Waals surface area (Å²) in [5, 5.41) is 12.4. The van der Waals surface area contributed by atoms with Gasteiger partial charge in [-0.3, -0.25) is 9.69 Å². The minimum Gasteiger partial charge on any atom is -0.508 e. The average Bonchev–Trinajstić information content (AvgIpc) is 2.69. The number of carbonyl (C=O) groups excluding carboxylic acids is 1. The second kappa shape index (κ2) is 8.91. The fourth-order valence-electron chi connectivity index (χ4n) is 3.36. The van der Waals surface area contributed by atoms with Crippen LogP contribution in [0.25, 0.3) is 0 Å².